The van der Waals surface area contributed by atoms with Gasteiger partial charge in [-0.25, -0.2) is 13.4 Å². The first-order valence-electron chi connectivity index (χ1n) is 3.22. The van der Waals surface area contributed by atoms with Crippen molar-refractivity contribution in [2.45, 2.75) is 0 Å². The van der Waals surface area contributed by atoms with E-state index >= 15 is 0 Å². The zero-order valence-corrected chi connectivity index (χ0v) is 8.70. The third kappa shape index (κ3) is 3.02. The Hall–Kier alpha value is -0.520. The molecule has 0 fully saturated rings. The van der Waals surface area contributed by atoms with E-state index in [-0.39, 0.29) is 10.8 Å². The van der Waals surface area contributed by atoms with Gasteiger partial charge in [0, 0.05) is 6.20 Å². The molecule has 0 atom stereocenters. The molecule has 0 aromatic carbocycles. The lowest BCUT2D eigenvalue weighted by molar-refractivity contribution is 0.605. The molecule has 0 unspecified atom stereocenters. The van der Waals surface area contributed by atoms with Crippen LogP contribution in [0.1, 0.15) is 0 Å². The van der Waals surface area contributed by atoms with Gasteiger partial charge in [0.15, 0.2) is 5.15 Å². The number of nitrogens with zero attached hydrogens (tertiary/aromatic N) is 1. The first kappa shape index (κ1) is 10.6. The van der Waals surface area contributed by atoms with Crippen LogP contribution < -0.4 is 4.72 Å². The molecule has 1 aromatic heterocycles. The van der Waals surface area contributed by atoms with E-state index in [2.05, 4.69) is 9.71 Å². The number of anilines is 1. The van der Waals surface area contributed by atoms with Gasteiger partial charge in [-0.15, -0.1) is 11.6 Å². The lowest BCUT2D eigenvalue weighted by atomic mass is 10.4. The minimum atomic E-state index is -3.50. The van der Waals surface area contributed by atoms with E-state index in [1.807, 2.05) is 0 Å². The van der Waals surface area contributed by atoms with E-state index in [9.17, 15) is 8.42 Å². The summed E-state index contributed by atoms with van der Waals surface area (Å²) in [6.45, 7) is 0. The first-order valence-corrected chi connectivity index (χ1v) is 5.78. The number of sulfonamides is 1. The van der Waals surface area contributed by atoms with Gasteiger partial charge in [-0.05, 0) is 12.1 Å². The van der Waals surface area contributed by atoms with Crippen molar-refractivity contribution in [2.24, 2.45) is 0 Å². The van der Waals surface area contributed by atoms with Gasteiger partial charge in [0.05, 0.1) is 5.69 Å². The molecule has 72 valence electrons. The van der Waals surface area contributed by atoms with Crippen molar-refractivity contribution < 1.29 is 8.42 Å². The maximum absolute atomic E-state index is 11.0. The maximum Gasteiger partial charge on any atom is 0.246 e. The monoisotopic (exact) mass is 240 g/mol. The molecule has 1 N–H and O–H groups in total. The normalized spacial score (nSPS) is 11.2. The fourth-order valence-electron chi connectivity index (χ4n) is 0.657. The number of pyridine rings is 1. The second-order valence-electron chi connectivity index (χ2n) is 2.17. The number of nitrogens with one attached hydrogen (secondary N) is 1. The Morgan fingerprint density at radius 1 is 1.54 bits per heavy atom. The molecule has 0 amide bonds. The van der Waals surface area contributed by atoms with Crippen LogP contribution in [0.2, 0.25) is 5.15 Å². The predicted octanol–water partition coefficient (Wildman–Crippen LogP) is 1.67. The van der Waals surface area contributed by atoms with Crippen LogP contribution in [0.25, 0.3) is 0 Å². The van der Waals surface area contributed by atoms with Crippen LogP contribution in [0.5, 0.6) is 0 Å². The SMILES string of the molecule is O=S(=O)(CCl)Nc1cccnc1Cl. The Bertz CT molecular complexity index is 393. The van der Waals surface area contributed by atoms with E-state index < -0.39 is 15.2 Å². The highest BCUT2D eigenvalue weighted by Crippen LogP contribution is 2.18. The molecule has 0 aliphatic rings. The van der Waals surface area contributed by atoms with E-state index in [0.29, 0.717) is 0 Å². The fraction of sp³-hybridized carbons (Fsp3) is 0.167. The molecular formula is C6H6Cl2N2O2S. The first-order chi connectivity index (χ1) is 6.05. The van der Waals surface area contributed by atoms with E-state index in [1.165, 1.54) is 12.3 Å². The quantitative estimate of drug-likeness (QED) is 0.646. The Kier molecular flexibility index (Phi) is 3.35. The third-order valence-electron chi connectivity index (χ3n) is 1.17. The second kappa shape index (κ2) is 4.13. The number of rotatable bonds is 3. The van der Waals surface area contributed by atoms with Gasteiger partial charge in [0.2, 0.25) is 10.0 Å². The highest BCUT2D eigenvalue weighted by Gasteiger charge is 2.10. The number of alkyl halides is 1. The topological polar surface area (TPSA) is 59.1 Å². The Labute approximate surface area is 85.9 Å². The van der Waals surface area contributed by atoms with Gasteiger partial charge in [0.25, 0.3) is 0 Å². The number of aromatic nitrogens is 1. The molecule has 0 saturated carbocycles. The molecule has 0 saturated heterocycles. The summed E-state index contributed by atoms with van der Waals surface area (Å²) in [7, 11) is -3.50. The van der Waals surface area contributed by atoms with Crippen molar-refractivity contribution >= 4 is 38.9 Å². The Morgan fingerprint density at radius 3 is 2.77 bits per heavy atom. The van der Waals surface area contributed by atoms with Gasteiger partial charge in [-0.3, -0.25) is 4.72 Å². The second-order valence-corrected chi connectivity index (χ2v) is 4.83. The van der Waals surface area contributed by atoms with Crippen molar-refractivity contribution in [3.05, 3.63) is 23.5 Å². The van der Waals surface area contributed by atoms with Crippen LogP contribution in [-0.2, 0) is 10.0 Å². The predicted molar refractivity (Wildman–Crippen MR) is 52.5 cm³/mol. The summed E-state index contributed by atoms with van der Waals surface area (Å²) in [6, 6.07) is 3.07. The van der Waals surface area contributed by atoms with Crippen LogP contribution in [-0.4, -0.2) is 18.6 Å². The number of hydrogen-bond acceptors (Lipinski definition) is 3. The van der Waals surface area contributed by atoms with Crippen molar-refractivity contribution in [3.8, 4) is 0 Å². The van der Waals surface area contributed by atoms with E-state index in [0.717, 1.165) is 0 Å². The van der Waals surface area contributed by atoms with Crippen molar-refractivity contribution in [2.75, 3.05) is 9.93 Å². The van der Waals surface area contributed by atoms with E-state index in [1.54, 1.807) is 6.07 Å². The summed E-state index contributed by atoms with van der Waals surface area (Å²) < 4.78 is 24.2. The zero-order valence-electron chi connectivity index (χ0n) is 6.37. The molecule has 0 aliphatic carbocycles. The van der Waals surface area contributed by atoms with Crippen LogP contribution in [0.15, 0.2) is 18.3 Å². The van der Waals surface area contributed by atoms with Gasteiger partial charge in [0.1, 0.15) is 5.21 Å². The minimum absolute atomic E-state index is 0.0937. The Morgan fingerprint density at radius 2 is 2.23 bits per heavy atom. The van der Waals surface area contributed by atoms with Crippen LogP contribution in [0.4, 0.5) is 5.69 Å². The van der Waals surface area contributed by atoms with Gasteiger partial charge >= 0.3 is 0 Å². The molecule has 7 heteroatoms. The molecule has 4 nitrogen and oxygen atoms in total. The lowest BCUT2D eigenvalue weighted by Crippen LogP contribution is -2.13. The molecule has 0 aliphatic heterocycles. The third-order valence-corrected chi connectivity index (χ3v) is 3.15. The largest absolute Gasteiger partial charge is 0.279 e. The van der Waals surface area contributed by atoms with Gasteiger partial charge in [-0.2, -0.15) is 0 Å². The highest BCUT2D eigenvalue weighted by molar-refractivity contribution is 7.93. The van der Waals surface area contributed by atoms with Gasteiger partial charge < -0.3 is 0 Å². The lowest BCUT2D eigenvalue weighted by Gasteiger charge is -2.05. The van der Waals surface area contributed by atoms with Crippen LogP contribution >= 0.6 is 23.2 Å². The summed E-state index contributed by atoms with van der Waals surface area (Å²) in [4.78, 5) is 3.69. The molecule has 13 heavy (non-hydrogen) atoms. The maximum atomic E-state index is 11.0. The summed E-state index contributed by atoms with van der Waals surface area (Å²) in [5.74, 6) is 0. The summed E-state index contributed by atoms with van der Waals surface area (Å²) >= 11 is 10.8. The van der Waals surface area contributed by atoms with Crippen LogP contribution in [0, 0.1) is 0 Å². The number of halogens is 2. The van der Waals surface area contributed by atoms with Crippen LogP contribution in [0.3, 0.4) is 0 Å². The summed E-state index contributed by atoms with van der Waals surface area (Å²) in [5.41, 5.74) is 0.227. The fourth-order valence-corrected chi connectivity index (χ4v) is 1.60. The summed E-state index contributed by atoms with van der Waals surface area (Å²) in [5, 5.41) is -0.422. The molecule has 0 spiro atoms. The van der Waals surface area contributed by atoms with Gasteiger partial charge in [-0.1, -0.05) is 11.6 Å². The molecular weight excluding hydrogens is 235 g/mol. The van der Waals surface area contributed by atoms with Crippen molar-refractivity contribution in [1.82, 2.24) is 4.98 Å². The Balaban J connectivity index is 2.93. The molecule has 1 aromatic rings. The molecule has 0 radical (unpaired) electrons. The zero-order chi connectivity index (χ0) is 9.90. The van der Waals surface area contributed by atoms with Crippen molar-refractivity contribution in [1.29, 1.82) is 0 Å². The number of hydrogen-bond donors (Lipinski definition) is 1. The average Bonchev–Trinajstić information content (AvgIpc) is 2.09. The minimum Gasteiger partial charge on any atom is -0.279 e. The van der Waals surface area contributed by atoms with Crippen molar-refractivity contribution in [3.63, 3.8) is 0 Å². The standard InChI is InChI=1S/C6H6Cl2N2O2S/c7-4-13(11,12)10-5-2-1-3-9-6(5)8/h1-3,10H,4H2. The molecule has 1 heterocycles. The van der Waals surface area contributed by atoms with E-state index in [4.69, 9.17) is 23.2 Å². The smallest absolute Gasteiger partial charge is 0.246 e. The average molecular weight is 241 g/mol. The highest BCUT2D eigenvalue weighted by atomic mass is 35.5. The summed E-state index contributed by atoms with van der Waals surface area (Å²) in [6.07, 6.45) is 1.46. The molecule has 1 rings (SSSR count). The molecule has 0 bridgehead atoms.